The van der Waals surface area contributed by atoms with E-state index in [1.54, 1.807) is 11.8 Å². The number of carbonyl (C=O) groups excluding carboxylic acids is 1. The molecule has 6 heteroatoms. The average Bonchev–Trinajstić information content (AvgIpc) is 2.58. The highest BCUT2D eigenvalue weighted by molar-refractivity contribution is 7.99. The summed E-state index contributed by atoms with van der Waals surface area (Å²) >= 11 is 1.78. The van der Waals surface area contributed by atoms with Crippen molar-refractivity contribution < 1.29 is 4.79 Å². The minimum absolute atomic E-state index is 0. The number of amides is 1. The Morgan fingerprint density at radius 3 is 2.24 bits per heavy atom. The molecule has 3 rings (SSSR count). The molecule has 1 heterocycles. The molecule has 0 fully saturated rings. The first kappa shape index (κ1) is 19.6. The topological polar surface area (TPSA) is 58.4 Å². The highest BCUT2D eigenvalue weighted by atomic mass is 35.5. The molecule has 2 aromatic carbocycles. The van der Waals surface area contributed by atoms with Crippen LogP contribution in [0, 0.1) is 0 Å². The molecule has 1 unspecified atom stereocenters. The Hall–Kier alpha value is -1.69. The molecule has 0 aromatic heterocycles. The molecule has 134 valence electrons. The monoisotopic (exact) mass is 377 g/mol. The van der Waals surface area contributed by atoms with Gasteiger partial charge in [-0.15, -0.1) is 12.4 Å². The van der Waals surface area contributed by atoms with Crippen LogP contribution < -0.4 is 16.0 Å². The third-order valence-electron chi connectivity index (χ3n) is 4.02. The molecule has 1 aliphatic rings. The van der Waals surface area contributed by atoms with E-state index in [-0.39, 0.29) is 24.4 Å². The average molecular weight is 378 g/mol. The standard InChI is InChI=1S/C19H23N3OS.ClH/c1-14(20)10-12-21-19(23)11-13-22-15-6-2-4-8-17(15)24-18-9-5-3-7-16(18)22;/h2-9,14H,10-13,20H2,1H3,(H,21,23);1H. The zero-order valence-electron chi connectivity index (χ0n) is 14.3. The number of nitrogens with two attached hydrogens (primary N) is 1. The van der Waals surface area contributed by atoms with E-state index in [1.807, 2.05) is 19.1 Å². The number of halogens is 1. The van der Waals surface area contributed by atoms with Gasteiger partial charge in [-0.05, 0) is 37.6 Å². The lowest BCUT2D eigenvalue weighted by atomic mass is 10.2. The van der Waals surface area contributed by atoms with Gasteiger partial charge in [-0.3, -0.25) is 4.79 Å². The summed E-state index contributed by atoms with van der Waals surface area (Å²) in [5.41, 5.74) is 8.06. The Balaban J connectivity index is 0.00000225. The highest BCUT2D eigenvalue weighted by Crippen LogP contribution is 2.47. The van der Waals surface area contributed by atoms with Gasteiger partial charge in [-0.2, -0.15) is 0 Å². The number of carbonyl (C=O) groups is 1. The maximum Gasteiger partial charge on any atom is 0.221 e. The van der Waals surface area contributed by atoms with Gasteiger partial charge in [0.05, 0.1) is 11.4 Å². The lowest BCUT2D eigenvalue weighted by Crippen LogP contribution is -2.32. The van der Waals surface area contributed by atoms with Gasteiger partial charge in [0.25, 0.3) is 0 Å². The van der Waals surface area contributed by atoms with E-state index in [1.165, 1.54) is 21.2 Å². The van der Waals surface area contributed by atoms with Crippen molar-refractivity contribution in [2.75, 3.05) is 18.0 Å². The molecular weight excluding hydrogens is 354 g/mol. The predicted octanol–water partition coefficient (Wildman–Crippen LogP) is 3.95. The molecule has 3 N–H and O–H groups in total. The minimum Gasteiger partial charge on any atom is -0.356 e. The largest absolute Gasteiger partial charge is 0.356 e. The molecule has 0 saturated heterocycles. The summed E-state index contributed by atoms with van der Waals surface area (Å²) in [6.45, 7) is 3.25. The lowest BCUT2D eigenvalue weighted by Gasteiger charge is -2.32. The van der Waals surface area contributed by atoms with E-state index in [0.29, 0.717) is 19.5 Å². The Kier molecular flexibility index (Phi) is 7.17. The van der Waals surface area contributed by atoms with Crippen molar-refractivity contribution in [2.45, 2.75) is 35.6 Å². The molecule has 1 atom stereocenters. The Morgan fingerprint density at radius 2 is 1.68 bits per heavy atom. The summed E-state index contributed by atoms with van der Waals surface area (Å²) in [5.74, 6) is 0.0730. The molecule has 1 amide bonds. The number of hydrogen-bond acceptors (Lipinski definition) is 4. The summed E-state index contributed by atoms with van der Waals surface area (Å²) in [7, 11) is 0. The molecule has 0 radical (unpaired) electrons. The second kappa shape index (κ2) is 9.13. The Bertz CT molecular complexity index is 678. The number of rotatable bonds is 6. The van der Waals surface area contributed by atoms with Crippen LogP contribution >= 0.6 is 24.2 Å². The molecule has 0 bridgehead atoms. The summed E-state index contributed by atoms with van der Waals surface area (Å²) in [4.78, 5) is 16.8. The van der Waals surface area contributed by atoms with Gasteiger partial charge < -0.3 is 16.0 Å². The van der Waals surface area contributed by atoms with Crippen LogP contribution in [-0.4, -0.2) is 25.0 Å². The van der Waals surface area contributed by atoms with Gasteiger partial charge in [0.15, 0.2) is 0 Å². The molecule has 0 spiro atoms. The number of benzene rings is 2. The summed E-state index contributed by atoms with van der Waals surface area (Å²) in [5, 5.41) is 2.95. The lowest BCUT2D eigenvalue weighted by molar-refractivity contribution is -0.120. The molecule has 25 heavy (non-hydrogen) atoms. The fourth-order valence-corrected chi connectivity index (χ4v) is 3.86. The molecule has 0 saturated carbocycles. The fourth-order valence-electron chi connectivity index (χ4n) is 2.76. The highest BCUT2D eigenvalue weighted by Gasteiger charge is 2.22. The molecule has 0 aliphatic carbocycles. The third kappa shape index (κ3) is 4.91. The number of nitrogens with one attached hydrogen (secondary N) is 1. The van der Waals surface area contributed by atoms with Crippen molar-refractivity contribution >= 4 is 41.5 Å². The number of nitrogens with zero attached hydrogens (tertiary/aromatic N) is 1. The van der Waals surface area contributed by atoms with Crippen molar-refractivity contribution in [2.24, 2.45) is 5.73 Å². The number of fused-ring (bicyclic) bond motifs is 2. The summed E-state index contributed by atoms with van der Waals surface area (Å²) in [6.07, 6.45) is 1.27. The van der Waals surface area contributed by atoms with Crippen LogP contribution in [0.1, 0.15) is 19.8 Å². The van der Waals surface area contributed by atoms with Crippen LogP contribution in [0.25, 0.3) is 0 Å². The molecular formula is C19H24ClN3OS. The predicted molar refractivity (Wildman–Crippen MR) is 107 cm³/mol. The number of para-hydroxylation sites is 2. The van der Waals surface area contributed by atoms with Crippen LogP contribution in [0.4, 0.5) is 11.4 Å². The van der Waals surface area contributed by atoms with Gasteiger partial charge in [0, 0.05) is 35.3 Å². The Labute approximate surface area is 159 Å². The van der Waals surface area contributed by atoms with Gasteiger partial charge in [0.1, 0.15) is 0 Å². The quantitative estimate of drug-likeness (QED) is 0.800. The van der Waals surface area contributed by atoms with Crippen LogP contribution in [0.5, 0.6) is 0 Å². The van der Waals surface area contributed by atoms with E-state index in [0.717, 1.165) is 6.42 Å². The number of anilines is 2. The maximum absolute atomic E-state index is 12.1. The van der Waals surface area contributed by atoms with Crippen molar-refractivity contribution in [3.05, 3.63) is 48.5 Å². The normalized spacial score (nSPS) is 13.3. The Morgan fingerprint density at radius 1 is 1.12 bits per heavy atom. The molecule has 1 aliphatic heterocycles. The SMILES string of the molecule is CC(N)CCNC(=O)CCN1c2ccccc2Sc2ccccc21.Cl. The van der Waals surface area contributed by atoms with Gasteiger partial charge in [0.2, 0.25) is 5.91 Å². The van der Waals surface area contributed by atoms with Crippen LogP contribution in [0.15, 0.2) is 58.3 Å². The second-order valence-corrected chi connectivity index (χ2v) is 7.14. The van der Waals surface area contributed by atoms with Gasteiger partial charge in [-0.25, -0.2) is 0 Å². The van der Waals surface area contributed by atoms with E-state index in [2.05, 4.69) is 46.6 Å². The van der Waals surface area contributed by atoms with Crippen LogP contribution in [0.3, 0.4) is 0 Å². The van der Waals surface area contributed by atoms with Crippen LogP contribution in [-0.2, 0) is 4.79 Å². The fraction of sp³-hybridized carbons (Fsp3) is 0.316. The van der Waals surface area contributed by atoms with Crippen LogP contribution in [0.2, 0.25) is 0 Å². The zero-order valence-corrected chi connectivity index (χ0v) is 15.9. The first-order chi connectivity index (χ1) is 11.6. The molecule has 2 aromatic rings. The van der Waals surface area contributed by atoms with E-state index < -0.39 is 0 Å². The second-order valence-electron chi connectivity index (χ2n) is 6.06. The zero-order chi connectivity index (χ0) is 16.9. The minimum atomic E-state index is 0. The van der Waals surface area contributed by atoms with E-state index in [9.17, 15) is 4.79 Å². The van der Waals surface area contributed by atoms with E-state index in [4.69, 9.17) is 5.73 Å². The smallest absolute Gasteiger partial charge is 0.221 e. The first-order valence-corrected chi connectivity index (χ1v) is 9.12. The molecule has 4 nitrogen and oxygen atoms in total. The van der Waals surface area contributed by atoms with Crippen molar-refractivity contribution in [1.82, 2.24) is 5.32 Å². The van der Waals surface area contributed by atoms with Crippen molar-refractivity contribution in [1.29, 1.82) is 0 Å². The van der Waals surface area contributed by atoms with Crippen molar-refractivity contribution in [3.8, 4) is 0 Å². The van der Waals surface area contributed by atoms with Crippen molar-refractivity contribution in [3.63, 3.8) is 0 Å². The first-order valence-electron chi connectivity index (χ1n) is 8.31. The third-order valence-corrected chi connectivity index (χ3v) is 5.15. The van der Waals surface area contributed by atoms with E-state index >= 15 is 0 Å². The maximum atomic E-state index is 12.1. The summed E-state index contributed by atoms with van der Waals surface area (Å²) < 4.78 is 0. The van der Waals surface area contributed by atoms with Gasteiger partial charge in [-0.1, -0.05) is 36.0 Å². The van der Waals surface area contributed by atoms with Gasteiger partial charge >= 0.3 is 0 Å². The number of hydrogen-bond donors (Lipinski definition) is 2. The summed E-state index contributed by atoms with van der Waals surface area (Å²) in [6, 6.07) is 16.8.